The Balaban J connectivity index is 1.49. The second kappa shape index (κ2) is 6.66. The van der Waals surface area contributed by atoms with Crippen molar-refractivity contribution in [3.63, 3.8) is 0 Å². The molecule has 0 bridgehead atoms. The molecule has 4 aromatic rings. The van der Waals surface area contributed by atoms with Crippen LogP contribution in [0.3, 0.4) is 0 Å². The van der Waals surface area contributed by atoms with E-state index in [1.54, 1.807) is 6.26 Å². The van der Waals surface area contributed by atoms with E-state index in [-0.39, 0.29) is 24.6 Å². The zero-order valence-electron chi connectivity index (χ0n) is 15.2. The van der Waals surface area contributed by atoms with Gasteiger partial charge in [0.15, 0.2) is 4.96 Å². The van der Waals surface area contributed by atoms with Crippen LogP contribution in [0, 0.1) is 20.8 Å². The molecule has 6 nitrogen and oxygen atoms in total. The number of esters is 1. The molecule has 0 unspecified atom stereocenters. The van der Waals surface area contributed by atoms with Gasteiger partial charge in [0, 0.05) is 28.1 Å². The highest BCUT2D eigenvalue weighted by Gasteiger charge is 2.14. The van der Waals surface area contributed by atoms with Crippen LogP contribution in [0.4, 0.5) is 0 Å². The van der Waals surface area contributed by atoms with Crippen molar-refractivity contribution in [2.45, 2.75) is 33.8 Å². The number of rotatable bonds is 4. The predicted molar refractivity (Wildman–Crippen MR) is 103 cm³/mol. The van der Waals surface area contributed by atoms with Crippen LogP contribution in [0.25, 0.3) is 15.9 Å². The van der Waals surface area contributed by atoms with Crippen molar-refractivity contribution in [1.29, 1.82) is 0 Å². The minimum absolute atomic E-state index is 0.0323. The van der Waals surface area contributed by atoms with Crippen LogP contribution in [0.5, 0.6) is 0 Å². The number of nitrogens with zero attached hydrogens (tertiary/aromatic N) is 2. The van der Waals surface area contributed by atoms with Crippen molar-refractivity contribution in [2.24, 2.45) is 0 Å². The third kappa shape index (κ3) is 3.14. The third-order valence-electron chi connectivity index (χ3n) is 4.69. The number of carbonyl (C=O) groups is 1. The topological polar surface area (TPSA) is 73.8 Å². The van der Waals surface area contributed by atoms with Gasteiger partial charge in [0.05, 0.1) is 18.4 Å². The zero-order valence-corrected chi connectivity index (χ0v) is 16.1. The van der Waals surface area contributed by atoms with Gasteiger partial charge in [0.1, 0.15) is 12.2 Å². The molecule has 0 atom stereocenters. The molecule has 0 aliphatic carbocycles. The fourth-order valence-corrected chi connectivity index (χ4v) is 3.95. The van der Waals surface area contributed by atoms with E-state index in [0.29, 0.717) is 10.7 Å². The Morgan fingerprint density at radius 2 is 2.11 bits per heavy atom. The van der Waals surface area contributed by atoms with E-state index in [4.69, 9.17) is 9.15 Å². The Kier molecular flexibility index (Phi) is 4.31. The number of hydrogen-bond acceptors (Lipinski definition) is 6. The molecule has 0 aliphatic rings. The number of carbonyl (C=O) groups excluding carboxylic acids is 1. The fourth-order valence-electron chi connectivity index (χ4n) is 3.06. The van der Waals surface area contributed by atoms with Crippen LogP contribution >= 0.6 is 11.3 Å². The van der Waals surface area contributed by atoms with E-state index < -0.39 is 0 Å². The molecule has 0 spiro atoms. The summed E-state index contributed by atoms with van der Waals surface area (Å²) in [5.74, 6) is -0.389. The molecule has 0 aliphatic heterocycles. The molecule has 27 heavy (non-hydrogen) atoms. The Bertz CT molecular complexity index is 1230. The monoisotopic (exact) mass is 382 g/mol. The molecule has 7 heteroatoms. The van der Waals surface area contributed by atoms with Gasteiger partial charge in [-0.3, -0.25) is 14.0 Å². The largest absolute Gasteiger partial charge is 0.464 e. The Morgan fingerprint density at radius 3 is 2.93 bits per heavy atom. The van der Waals surface area contributed by atoms with Gasteiger partial charge in [-0.25, -0.2) is 4.98 Å². The Hall–Kier alpha value is -2.93. The van der Waals surface area contributed by atoms with Gasteiger partial charge in [-0.05, 0) is 31.9 Å². The van der Waals surface area contributed by atoms with Crippen molar-refractivity contribution in [3.05, 3.63) is 68.3 Å². The van der Waals surface area contributed by atoms with Crippen LogP contribution in [0.2, 0.25) is 0 Å². The highest BCUT2D eigenvalue weighted by molar-refractivity contribution is 7.15. The molecular weight excluding hydrogens is 364 g/mol. The predicted octanol–water partition coefficient (Wildman–Crippen LogP) is 3.71. The van der Waals surface area contributed by atoms with Crippen molar-refractivity contribution in [2.75, 3.05) is 0 Å². The normalized spacial score (nSPS) is 11.4. The molecule has 138 valence electrons. The van der Waals surface area contributed by atoms with Gasteiger partial charge in [-0.1, -0.05) is 12.1 Å². The molecule has 0 N–H and O–H groups in total. The lowest BCUT2D eigenvalue weighted by molar-refractivity contribution is -0.144. The molecule has 4 rings (SSSR count). The summed E-state index contributed by atoms with van der Waals surface area (Å²) in [6.45, 7) is 5.84. The number of benzene rings is 1. The van der Waals surface area contributed by atoms with Crippen LogP contribution < -0.4 is 5.56 Å². The summed E-state index contributed by atoms with van der Waals surface area (Å²) in [6.07, 6.45) is 1.71. The first-order valence-corrected chi connectivity index (χ1v) is 9.40. The molecule has 0 amide bonds. The summed E-state index contributed by atoms with van der Waals surface area (Å²) in [4.78, 5) is 29.4. The summed E-state index contributed by atoms with van der Waals surface area (Å²) in [5.41, 5.74) is 4.91. The van der Waals surface area contributed by atoms with Gasteiger partial charge in [0.2, 0.25) is 0 Å². The van der Waals surface area contributed by atoms with Gasteiger partial charge in [-0.2, -0.15) is 0 Å². The van der Waals surface area contributed by atoms with E-state index in [2.05, 4.69) is 4.98 Å². The summed E-state index contributed by atoms with van der Waals surface area (Å²) < 4.78 is 12.5. The van der Waals surface area contributed by atoms with Gasteiger partial charge < -0.3 is 9.15 Å². The van der Waals surface area contributed by atoms with E-state index in [1.807, 2.05) is 38.3 Å². The summed E-state index contributed by atoms with van der Waals surface area (Å²) in [5, 5.41) is 2.79. The first-order valence-electron chi connectivity index (χ1n) is 8.52. The highest BCUT2D eigenvalue weighted by Crippen LogP contribution is 2.27. The SMILES string of the molecule is Cc1ccc2c(CC(=O)OCc3cc(=O)n4c(C)csc4n3)coc2c1C. The molecule has 1 aromatic carbocycles. The van der Waals surface area contributed by atoms with Crippen molar-refractivity contribution in [1.82, 2.24) is 9.38 Å². The third-order valence-corrected chi connectivity index (χ3v) is 5.63. The lowest BCUT2D eigenvalue weighted by Crippen LogP contribution is -2.16. The molecule has 3 aromatic heterocycles. The average Bonchev–Trinajstić information content (AvgIpc) is 3.21. The highest BCUT2D eigenvalue weighted by atomic mass is 32.1. The number of aryl methyl sites for hydroxylation is 3. The second-order valence-electron chi connectivity index (χ2n) is 6.56. The molecule has 0 fully saturated rings. The molecule has 0 radical (unpaired) electrons. The molecular formula is C20H18N2O4S. The van der Waals surface area contributed by atoms with Crippen LogP contribution in [0.15, 0.2) is 39.1 Å². The van der Waals surface area contributed by atoms with Crippen LogP contribution in [-0.4, -0.2) is 15.4 Å². The maximum absolute atomic E-state index is 12.3. The number of furan rings is 1. The number of ether oxygens (including phenoxy) is 1. The molecule has 0 saturated heterocycles. The summed E-state index contributed by atoms with van der Waals surface area (Å²) in [7, 11) is 0. The minimum atomic E-state index is -0.389. The first kappa shape index (κ1) is 17.5. The first-order chi connectivity index (χ1) is 12.9. The van der Waals surface area contributed by atoms with E-state index in [0.717, 1.165) is 33.4 Å². The summed E-state index contributed by atoms with van der Waals surface area (Å²) >= 11 is 1.38. The van der Waals surface area contributed by atoms with Gasteiger partial charge in [0.25, 0.3) is 5.56 Å². The minimum Gasteiger partial charge on any atom is -0.464 e. The number of thiazole rings is 1. The Labute approximate surface area is 159 Å². The van der Waals surface area contributed by atoms with E-state index in [9.17, 15) is 9.59 Å². The molecule has 3 heterocycles. The Morgan fingerprint density at radius 1 is 1.30 bits per heavy atom. The lowest BCUT2D eigenvalue weighted by atomic mass is 10.0. The maximum atomic E-state index is 12.3. The summed E-state index contributed by atoms with van der Waals surface area (Å²) in [6, 6.07) is 5.37. The average molecular weight is 382 g/mol. The van der Waals surface area contributed by atoms with Gasteiger partial charge >= 0.3 is 5.97 Å². The van der Waals surface area contributed by atoms with E-state index >= 15 is 0 Å². The fraction of sp³-hybridized carbons (Fsp3) is 0.250. The van der Waals surface area contributed by atoms with Crippen molar-refractivity contribution in [3.8, 4) is 0 Å². The van der Waals surface area contributed by atoms with Crippen LogP contribution in [-0.2, 0) is 22.6 Å². The number of aromatic nitrogens is 2. The molecule has 0 saturated carbocycles. The smallest absolute Gasteiger partial charge is 0.310 e. The lowest BCUT2D eigenvalue weighted by Gasteiger charge is -2.05. The maximum Gasteiger partial charge on any atom is 0.310 e. The van der Waals surface area contributed by atoms with Crippen molar-refractivity contribution < 1.29 is 13.9 Å². The number of fused-ring (bicyclic) bond motifs is 2. The standard InChI is InChI=1S/C20H18N2O4S/c1-11-4-5-16-14(8-26-19(16)13(11)3)6-18(24)25-9-15-7-17(23)22-12(2)10-27-20(22)21-15/h4-5,7-8,10H,6,9H2,1-3H3. The number of hydrogen-bond donors (Lipinski definition) is 0. The van der Waals surface area contributed by atoms with Crippen molar-refractivity contribution >= 4 is 33.2 Å². The quantitative estimate of drug-likeness (QED) is 0.503. The second-order valence-corrected chi connectivity index (χ2v) is 7.40. The van der Waals surface area contributed by atoms with Crippen LogP contribution in [0.1, 0.15) is 28.1 Å². The zero-order chi connectivity index (χ0) is 19.1. The van der Waals surface area contributed by atoms with Gasteiger partial charge in [-0.15, -0.1) is 11.3 Å². The van der Waals surface area contributed by atoms with E-state index in [1.165, 1.54) is 21.8 Å².